The van der Waals surface area contributed by atoms with Crippen LogP contribution in [0.1, 0.15) is 47.5 Å². The van der Waals surface area contributed by atoms with Crippen LogP contribution in [-0.2, 0) is 28.8 Å². The molecular formula is C20H27N5O3S. The van der Waals surface area contributed by atoms with Crippen molar-refractivity contribution >= 4 is 28.3 Å². The van der Waals surface area contributed by atoms with Gasteiger partial charge in [-0.1, -0.05) is 6.42 Å². The highest BCUT2D eigenvalue weighted by Crippen LogP contribution is 2.29. The molecule has 1 saturated heterocycles. The van der Waals surface area contributed by atoms with Crippen molar-refractivity contribution in [3.05, 3.63) is 32.2 Å². The number of carbonyl (C=O) groups excluding carboxylic acids is 1. The lowest BCUT2D eigenvalue weighted by atomic mass is 10.1. The van der Waals surface area contributed by atoms with Crippen LogP contribution in [0.15, 0.2) is 4.79 Å². The molecule has 3 heterocycles. The van der Waals surface area contributed by atoms with Crippen molar-refractivity contribution in [2.24, 2.45) is 0 Å². The summed E-state index contributed by atoms with van der Waals surface area (Å²) in [7, 11) is 0. The third kappa shape index (κ3) is 4.84. The number of anilines is 2. The van der Waals surface area contributed by atoms with Gasteiger partial charge in [-0.15, -0.1) is 11.3 Å². The number of morpholine rings is 1. The summed E-state index contributed by atoms with van der Waals surface area (Å²) in [4.78, 5) is 40.3. The van der Waals surface area contributed by atoms with E-state index in [1.165, 1.54) is 24.1 Å². The van der Waals surface area contributed by atoms with E-state index < -0.39 is 0 Å². The number of aryl methyl sites for hydroxylation is 3. The summed E-state index contributed by atoms with van der Waals surface area (Å²) >= 11 is 1.58. The summed E-state index contributed by atoms with van der Waals surface area (Å²) < 4.78 is 5.34. The second-order valence-electron chi connectivity index (χ2n) is 7.55. The Morgan fingerprint density at radius 2 is 2.00 bits per heavy atom. The van der Waals surface area contributed by atoms with Crippen molar-refractivity contribution in [1.29, 1.82) is 0 Å². The van der Waals surface area contributed by atoms with Crippen LogP contribution in [0.4, 0.5) is 11.1 Å². The number of nitrogens with one attached hydrogen (secondary N) is 2. The van der Waals surface area contributed by atoms with Crippen molar-refractivity contribution in [2.75, 3.05) is 36.5 Å². The standard InChI is InChI=1S/C20H27N5O3S/c1-13-14(18(27)24-19(21-13)25-9-11-28-12-10-25)7-8-17(26)23-20-22-15-5-3-2-4-6-16(15)29-20/h2-12H2,1H3,(H,21,24,27)(H,22,23,26). The van der Waals surface area contributed by atoms with Gasteiger partial charge in [-0.3, -0.25) is 14.6 Å². The highest BCUT2D eigenvalue weighted by atomic mass is 32.1. The Morgan fingerprint density at radius 1 is 1.21 bits per heavy atom. The zero-order valence-corrected chi connectivity index (χ0v) is 17.6. The molecule has 8 nitrogen and oxygen atoms in total. The van der Waals surface area contributed by atoms with Crippen molar-refractivity contribution < 1.29 is 9.53 Å². The Kier molecular flexibility index (Phi) is 6.25. The lowest BCUT2D eigenvalue weighted by molar-refractivity contribution is -0.116. The fourth-order valence-corrected chi connectivity index (χ4v) is 4.88. The summed E-state index contributed by atoms with van der Waals surface area (Å²) in [5, 5.41) is 3.58. The normalized spacial score (nSPS) is 16.9. The fraction of sp³-hybridized carbons (Fsp3) is 0.600. The van der Waals surface area contributed by atoms with E-state index in [0.29, 0.717) is 55.1 Å². The number of aromatic amines is 1. The molecule has 1 amide bonds. The van der Waals surface area contributed by atoms with E-state index in [1.807, 2.05) is 11.8 Å². The minimum atomic E-state index is -0.173. The van der Waals surface area contributed by atoms with Gasteiger partial charge in [-0.2, -0.15) is 0 Å². The molecule has 29 heavy (non-hydrogen) atoms. The number of hydrogen-bond acceptors (Lipinski definition) is 7. The molecule has 2 aromatic rings. The van der Waals surface area contributed by atoms with Gasteiger partial charge >= 0.3 is 0 Å². The largest absolute Gasteiger partial charge is 0.378 e. The average molecular weight is 418 g/mol. The van der Waals surface area contributed by atoms with E-state index in [9.17, 15) is 9.59 Å². The molecule has 0 saturated carbocycles. The van der Waals surface area contributed by atoms with Crippen LogP contribution < -0.4 is 15.8 Å². The molecule has 2 aromatic heterocycles. The number of H-pyrrole nitrogens is 1. The van der Waals surface area contributed by atoms with Gasteiger partial charge in [0, 0.05) is 35.6 Å². The number of amides is 1. The fourth-order valence-electron chi connectivity index (χ4n) is 3.82. The molecule has 0 aromatic carbocycles. The van der Waals surface area contributed by atoms with Crippen molar-refractivity contribution in [3.8, 4) is 0 Å². The predicted molar refractivity (Wildman–Crippen MR) is 113 cm³/mol. The number of ether oxygens (including phenoxy) is 1. The van der Waals surface area contributed by atoms with E-state index >= 15 is 0 Å². The zero-order chi connectivity index (χ0) is 20.2. The lowest BCUT2D eigenvalue weighted by Crippen LogP contribution is -2.38. The molecule has 9 heteroatoms. The highest BCUT2D eigenvalue weighted by molar-refractivity contribution is 7.15. The quantitative estimate of drug-likeness (QED) is 0.724. The van der Waals surface area contributed by atoms with Crippen LogP contribution in [0.2, 0.25) is 0 Å². The van der Waals surface area contributed by atoms with Crippen LogP contribution in [0, 0.1) is 6.92 Å². The summed E-state index contributed by atoms with van der Waals surface area (Å²) in [6, 6.07) is 0. The maximum atomic E-state index is 12.5. The molecule has 0 spiro atoms. The second kappa shape index (κ2) is 9.04. The number of rotatable bonds is 5. The molecule has 0 unspecified atom stereocenters. The molecule has 1 aliphatic heterocycles. The number of nitrogens with zero attached hydrogens (tertiary/aromatic N) is 3. The van der Waals surface area contributed by atoms with E-state index in [4.69, 9.17) is 4.74 Å². The lowest BCUT2D eigenvalue weighted by Gasteiger charge is -2.27. The minimum Gasteiger partial charge on any atom is -0.378 e. The van der Waals surface area contributed by atoms with E-state index in [0.717, 1.165) is 18.5 Å². The van der Waals surface area contributed by atoms with E-state index in [1.54, 1.807) is 11.3 Å². The minimum absolute atomic E-state index is 0.120. The Morgan fingerprint density at radius 3 is 2.79 bits per heavy atom. The Bertz CT molecular complexity index is 909. The SMILES string of the molecule is Cc1nc(N2CCOCC2)[nH]c(=O)c1CCC(=O)Nc1nc2c(s1)CCCCC2. The number of aromatic nitrogens is 3. The first-order valence-electron chi connectivity index (χ1n) is 10.3. The number of thiazole rings is 1. The summed E-state index contributed by atoms with van der Waals surface area (Å²) in [5.74, 6) is 0.457. The summed E-state index contributed by atoms with van der Waals surface area (Å²) in [6.07, 6.45) is 6.24. The van der Waals surface area contributed by atoms with Gasteiger partial charge < -0.3 is 15.0 Å². The Hall–Kier alpha value is -2.26. The third-order valence-electron chi connectivity index (χ3n) is 5.46. The van der Waals surface area contributed by atoms with E-state index in [-0.39, 0.29) is 17.9 Å². The maximum absolute atomic E-state index is 12.5. The van der Waals surface area contributed by atoms with Gasteiger partial charge in [0.05, 0.1) is 18.9 Å². The van der Waals surface area contributed by atoms with Crippen LogP contribution in [-0.4, -0.2) is 47.2 Å². The predicted octanol–water partition coefficient (Wildman–Crippen LogP) is 2.21. The molecule has 2 N–H and O–H groups in total. The smallest absolute Gasteiger partial charge is 0.255 e. The zero-order valence-electron chi connectivity index (χ0n) is 16.8. The van der Waals surface area contributed by atoms with Gasteiger partial charge in [0.1, 0.15) is 0 Å². The number of carbonyl (C=O) groups is 1. The van der Waals surface area contributed by atoms with Gasteiger partial charge in [0.15, 0.2) is 5.13 Å². The van der Waals surface area contributed by atoms with Crippen LogP contribution in [0.5, 0.6) is 0 Å². The van der Waals surface area contributed by atoms with Crippen LogP contribution in [0.25, 0.3) is 0 Å². The summed E-state index contributed by atoms with van der Waals surface area (Å²) in [6.45, 7) is 4.50. The van der Waals surface area contributed by atoms with Crippen molar-refractivity contribution in [2.45, 2.75) is 51.9 Å². The first-order valence-corrected chi connectivity index (χ1v) is 11.1. The van der Waals surface area contributed by atoms with Crippen molar-refractivity contribution in [1.82, 2.24) is 15.0 Å². The third-order valence-corrected chi connectivity index (χ3v) is 6.54. The molecular weight excluding hydrogens is 390 g/mol. The van der Waals surface area contributed by atoms with Crippen LogP contribution >= 0.6 is 11.3 Å². The molecule has 4 rings (SSSR count). The monoisotopic (exact) mass is 417 g/mol. The van der Waals surface area contributed by atoms with Crippen molar-refractivity contribution in [3.63, 3.8) is 0 Å². The maximum Gasteiger partial charge on any atom is 0.255 e. The topological polar surface area (TPSA) is 100 Å². The number of fused-ring (bicyclic) bond motifs is 1. The molecule has 1 aliphatic carbocycles. The summed E-state index contributed by atoms with van der Waals surface area (Å²) in [5.41, 5.74) is 2.20. The molecule has 0 bridgehead atoms. The van der Waals surface area contributed by atoms with Gasteiger partial charge in [0.2, 0.25) is 11.9 Å². The highest BCUT2D eigenvalue weighted by Gasteiger charge is 2.18. The number of hydrogen-bond donors (Lipinski definition) is 2. The molecule has 156 valence electrons. The first-order chi connectivity index (χ1) is 14.1. The average Bonchev–Trinajstić information content (AvgIpc) is 2.95. The molecule has 1 fully saturated rings. The van der Waals surface area contributed by atoms with Gasteiger partial charge in [0.25, 0.3) is 5.56 Å². The Labute approximate surface area is 173 Å². The Balaban J connectivity index is 1.37. The van der Waals surface area contributed by atoms with E-state index in [2.05, 4.69) is 20.3 Å². The van der Waals surface area contributed by atoms with Crippen LogP contribution in [0.3, 0.4) is 0 Å². The molecule has 0 atom stereocenters. The first kappa shape index (κ1) is 20.0. The molecule has 2 aliphatic rings. The van der Waals surface area contributed by atoms with Gasteiger partial charge in [-0.05, 0) is 39.0 Å². The second-order valence-corrected chi connectivity index (χ2v) is 8.63. The molecule has 0 radical (unpaired) electrons. The van der Waals surface area contributed by atoms with Gasteiger partial charge in [-0.25, -0.2) is 9.97 Å².